The van der Waals surface area contributed by atoms with Crippen LogP contribution in [0, 0.1) is 6.92 Å². The molecule has 0 aromatic heterocycles. The molecule has 140 valence electrons. The Kier molecular flexibility index (Phi) is 6.59. The van der Waals surface area contributed by atoms with Gasteiger partial charge in [-0.3, -0.25) is 4.79 Å². The van der Waals surface area contributed by atoms with Crippen LogP contribution in [-0.4, -0.2) is 35.1 Å². The van der Waals surface area contributed by atoms with Crippen LogP contribution in [0.5, 0.6) is 11.5 Å². The van der Waals surface area contributed by atoms with Gasteiger partial charge in [-0.25, -0.2) is 13.1 Å². The number of aryl methyl sites for hydroxylation is 1. The maximum absolute atomic E-state index is 12.2. The Labute approximate surface area is 153 Å². The van der Waals surface area contributed by atoms with Gasteiger partial charge < -0.3 is 14.8 Å². The monoisotopic (exact) mass is 378 g/mol. The molecule has 0 aliphatic rings. The summed E-state index contributed by atoms with van der Waals surface area (Å²) in [6.45, 7) is 1.76. The number of carbonyl (C=O) groups is 1. The van der Waals surface area contributed by atoms with Crippen molar-refractivity contribution in [1.82, 2.24) is 10.0 Å². The number of ether oxygens (including phenoxy) is 2. The van der Waals surface area contributed by atoms with E-state index in [1.54, 1.807) is 37.4 Å². The Morgan fingerprint density at radius 2 is 1.65 bits per heavy atom. The summed E-state index contributed by atoms with van der Waals surface area (Å²) >= 11 is 0. The molecule has 0 aliphatic heterocycles. The molecule has 8 heteroatoms. The van der Waals surface area contributed by atoms with Gasteiger partial charge in [-0.05, 0) is 36.8 Å². The molecule has 7 nitrogen and oxygen atoms in total. The minimum Gasteiger partial charge on any atom is -0.493 e. The smallest absolute Gasteiger partial charge is 0.241 e. The first-order valence-corrected chi connectivity index (χ1v) is 9.38. The van der Waals surface area contributed by atoms with Gasteiger partial charge in [-0.2, -0.15) is 0 Å². The number of methoxy groups -OCH3 is 2. The summed E-state index contributed by atoms with van der Waals surface area (Å²) in [5.74, 6) is 0.711. The predicted molar refractivity (Wildman–Crippen MR) is 97.8 cm³/mol. The van der Waals surface area contributed by atoms with Gasteiger partial charge in [0.2, 0.25) is 15.9 Å². The van der Waals surface area contributed by atoms with Crippen molar-refractivity contribution in [3.05, 3.63) is 53.6 Å². The maximum Gasteiger partial charge on any atom is 0.241 e. The number of hydrogen-bond acceptors (Lipinski definition) is 5. The molecule has 0 spiro atoms. The minimum absolute atomic E-state index is 0.121. The average molecular weight is 378 g/mol. The molecule has 0 aliphatic carbocycles. The summed E-state index contributed by atoms with van der Waals surface area (Å²) < 4.78 is 37.0. The lowest BCUT2D eigenvalue weighted by molar-refractivity contribution is -0.120. The van der Waals surface area contributed by atoms with E-state index in [9.17, 15) is 13.2 Å². The van der Waals surface area contributed by atoms with Gasteiger partial charge in [0, 0.05) is 6.54 Å². The molecule has 2 aromatic rings. The first-order chi connectivity index (χ1) is 12.4. The standard InChI is InChI=1S/C18H22N2O5S/c1-13-4-7-15(8-5-13)26(22,23)20-12-18(21)19-11-14-6-9-16(24-2)17(10-14)25-3/h4-10,20H,11-12H2,1-3H3,(H,19,21). The molecular formula is C18H22N2O5S. The normalized spacial score (nSPS) is 11.0. The van der Waals surface area contributed by atoms with E-state index in [0.29, 0.717) is 11.5 Å². The van der Waals surface area contributed by atoms with Gasteiger partial charge in [0.1, 0.15) is 0 Å². The summed E-state index contributed by atoms with van der Waals surface area (Å²) in [6.07, 6.45) is 0. The summed E-state index contributed by atoms with van der Waals surface area (Å²) in [5, 5.41) is 2.66. The molecule has 2 aromatic carbocycles. The maximum atomic E-state index is 12.2. The number of nitrogens with one attached hydrogen (secondary N) is 2. The van der Waals surface area contributed by atoms with Gasteiger partial charge in [-0.15, -0.1) is 0 Å². The zero-order valence-corrected chi connectivity index (χ0v) is 15.7. The van der Waals surface area contributed by atoms with Gasteiger partial charge in [-0.1, -0.05) is 23.8 Å². The van der Waals surface area contributed by atoms with Gasteiger partial charge >= 0.3 is 0 Å². The number of amides is 1. The van der Waals surface area contributed by atoms with Crippen LogP contribution in [0.4, 0.5) is 0 Å². The first-order valence-electron chi connectivity index (χ1n) is 7.89. The Hall–Kier alpha value is -2.58. The Morgan fingerprint density at radius 1 is 1.00 bits per heavy atom. The molecule has 0 fully saturated rings. The number of sulfonamides is 1. The molecule has 0 bridgehead atoms. The van der Waals surface area contributed by atoms with Crippen molar-refractivity contribution in [1.29, 1.82) is 0 Å². The van der Waals surface area contributed by atoms with E-state index in [4.69, 9.17) is 9.47 Å². The molecular weight excluding hydrogens is 356 g/mol. The van der Waals surface area contributed by atoms with E-state index >= 15 is 0 Å². The van der Waals surface area contributed by atoms with Gasteiger partial charge in [0.15, 0.2) is 11.5 Å². The van der Waals surface area contributed by atoms with Crippen molar-refractivity contribution in [2.75, 3.05) is 20.8 Å². The van der Waals surface area contributed by atoms with Crippen molar-refractivity contribution < 1.29 is 22.7 Å². The van der Waals surface area contributed by atoms with E-state index < -0.39 is 15.9 Å². The van der Waals surface area contributed by atoms with Crippen LogP contribution in [0.3, 0.4) is 0 Å². The van der Waals surface area contributed by atoms with Gasteiger partial charge in [0.25, 0.3) is 0 Å². The van der Waals surface area contributed by atoms with Crippen LogP contribution in [-0.2, 0) is 21.4 Å². The quantitative estimate of drug-likeness (QED) is 0.728. The fraction of sp³-hybridized carbons (Fsp3) is 0.278. The molecule has 0 heterocycles. The third kappa shape index (κ3) is 5.21. The first kappa shape index (κ1) is 19.7. The highest BCUT2D eigenvalue weighted by molar-refractivity contribution is 7.89. The fourth-order valence-electron chi connectivity index (χ4n) is 2.22. The second-order valence-electron chi connectivity index (χ2n) is 5.60. The highest BCUT2D eigenvalue weighted by Gasteiger charge is 2.15. The summed E-state index contributed by atoms with van der Waals surface area (Å²) in [7, 11) is -0.653. The third-order valence-corrected chi connectivity index (χ3v) is 5.11. The van der Waals surface area contributed by atoms with E-state index in [1.165, 1.54) is 19.2 Å². The lowest BCUT2D eigenvalue weighted by Gasteiger charge is -2.11. The Balaban J connectivity index is 1.90. The summed E-state index contributed by atoms with van der Waals surface area (Å²) in [6, 6.07) is 11.7. The topological polar surface area (TPSA) is 93.7 Å². The van der Waals surface area contributed by atoms with Crippen molar-refractivity contribution in [3.63, 3.8) is 0 Å². The molecule has 2 N–H and O–H groups in total. The molecule has 0 unspecified atom stereocenters. The molecule has 0 saturated carbocycles. The third-order valence-electron chi connectivity index (χ3n) is 3.69. The molecule has 2 rings (SSSR count). The minimum atomic E-state index is -3.72. The molecule has 1 amide bonds. The van der Waals surface area contributed by atoms with Crippen LogP contribution >= 0.6 is 0 Å². The lowest BCUT2D eigenvalue weighted by atomic mass is 10.2. The largest absolute Gasteiger partial charge is 0.493 e. The van der Waals surface area contributed by atoms with Crippen molar-refractivity contribution in [3.8, 4) is 11.5 Å². The SMILES string of the molecule is COc1ccc(CNC(=O)CNS(=O)(=O)c2ccc(C)cc2)cc1OC. The molecule has 0 atom stereocenters. The van der Waals surface area contributed by atoms with E-state index in [2.05, 4.69) is 10.0 Å². The number of rotatable bonds is 8. The Morgan fingerprint density at radius 3 is 2.27 bits per heavy atom. The summed E-state index contributed by atoms with van der Waals surface area (Å²) in [4.78, 5) is 12.1. The average Bonchev–Trinajstić information content (AvgIpc) is 2.64. The van der Waals surface area contributed by atoms with E-state index in [1.807, 2.05) is 6.92 Å². The second kappa shape index (κ2) is 8.68. The van der Waals surface area contributed by atoms with Crippen molar-refractivity contribution in [2.24, 2.45) is 0 Å². The zero-order chi connectivity index (χ0) is 19.2. The second-order valence-corrected chi connectivity index (χ2v) is 7.37. The number of hydrogen-bond donors (Lipinski definition) is 2. The van der Waals surface area contributed by atoms with E-state index in [-0.39, 0.29) is 18.0 Å². The highest BCUT2D eigenvalue weighted by Crippen LogP contribution is 2.27. The van der Waals surface area contributed by atoms with Crippen LogP contribution in [0.1, 0.15) is 11.1 Å². The van der Waals surface area contributed by atoms with Crippen molar-refractivity contribution >= 4 is 15.9 Å². The van der Waals surface area contributed by atoms with Gasteiger partial charge in [0.05, 0.1) is 25.7 Å². The van der Waals surface area contributed by atoms with Crippen LogP contribution < -0.4 is 19.5 Å². The predicted octanol–water partition coefficient (Wildman–Crippen LogP) is 1.61. The van der Waals surface area contributed by atoms with Crippen LogP contribution in [0.15, 0.2) is 47.4 Å². The highest BCUT2D eigenvalue weighted by atomic mass is 32.2. The number of benzene rings is 2. The lowest BCUT2D eigenvalue weighted by Crippen LogP contribution is -2.36. The zero-order valence-electron chi connectivity index (χ0n) is 14.9. The fourth-order valence-corrected chi connectivity index (χ4v) is 3.20. The molecule has 0 radical (unpaired) electrons. The van der Waals surface area contributed by atoms with E-state index in [0.717, 1.165) is 11.1 Å². The Bertz CT molecular complexity index is 864. The summed E-state index contributed by atoms with van der Waals surface area (Å²) in [5.41, 5.74) is 1.76. The van der Waals surface area contributed by atoms with Crippen LogP contribution in [0.25, 0.3) is 0 Å². The van der Waals surface area contributed by atoms with Crippen molar-refractivity contribution in [2.45, 2.75) is 18.4 Å². The van der Waals surface area contributed by atoms with Crippen LogP contribution in [0.2, 0.25) is 0 Å². The molecule has 26 heavy (non-hydrogen) atoms. The number of carbonyl (C=O) groups excluding carboxylic acids is 1. The molecule has 0 saturated heterocycles.